The number of anilines is 2. The summed E-state index contributed by atoms with van der Waals surface area (Å²) in [6.07, 6.45) is 4.25. The smallest absolute Gasteiger partial charge is 0.253 e. The summed E-state index contributed by atoms with van der Waals surface area (Å²) in [5.74, 6) is 0.524. The predicted molar refractivity (Wildman–Crippen MR) is 113 cm³/mol. The molecule has 2 aromatic heterocycles. The molecule has 0 radical (unpaired) electrons. The molecule has 1 fully saturated rings. The third-order valence-electron chi connectivity index (χ3n) is 5.06. The highest BCUT2D eigenvalue weighted by molar-refractivity contribution is 7.91. The number of hydrogen-bond donors (Lipinski definition) is 3. The number of hydrogen-bond acceptors (Lipinski definition) is 8. The van der Waals surface area contributed by atoms with Crippen molar-refractivity contribution in [1.82, 2.24) is 24.8 Å². The zero-order valence-corrected chi connectivity index (χ0v) is 17.7. The van der Waals surface area contributed by atoms with E-state index in [2.05, 4.69) is 25.2 Å². The number of sulfone groups is 1. The summed E-state index contributed by atoms with van der Waals surface area (Å²) in [7, 11) is -2.05. The van der Waals surface area contributed by atoms with E-state index >= 15 is 0 Å². The largest absolute Gasteiger partial charge is 0.382 e. The van der Waals surface area contributed by atoms with Crippen molar-refractivity contribution in [3.8, 4) is 0 Å². The molecule has 1 saturated carbocycles. The van der Waals surface area contributed by atoms with Crippen LogP contribution in [0.3, 0.4) is 0 Å². The van der Waals surface area contributed by atoms with E-state index in [1.807, 2.05) is 13.0 Å². The van der Waals surface area contributed by atoms with Gasteiger partial charge in [-0.2, -0.15) is 0 Å². The number of aromatic nitrogens is 4. The molecule has 1 aliphatic rings. The van der Waals surface area contributed by atoms with Crippen LogP contribution in [0, 0.1) is 0 Å². The van der Waals surface area contributed by atoms with Gasteiger partial charge in [0.1, 0.15) is 18.0 Å². The van der Waals surface area contributed by atoms with Crippen LogP contribution < -0.4 is 16.4 Å². The molecule has 0 unspecified atom stereocenters. The Bertz CT molecular complexity index is 1250. The number of nitrogens with zero attached hydrogens (tertiary/aromatic N) is 4. The molecule has 0 saturated heterocycles. The minimum atomic E-state index is -3.64. The second-order valence-electron chi connectivity index (χ2n) is 7.40. The quantitative estimate of drug-likeness (QED) is 0.537. The van der Waals surface area contributed by atoms with E-state index < -0.39 is 15.9 Å². The number of amides is 1. The summed E-state index contributed by atoms with van der Waals surface area (Å²) in [4.78, 5) is 24.9. The molecular formula is C19H23N7O3S. The van der Waals surface area contributed by atoms with Gasteiger partial charge in [-0.3, -0.25) is 4.79 Å². The van der Waals surface area contributed by atoms with E-state index in [0.717, 1.165) is 24.6 Å². The van der Waals surface area contributed by atoms with Crippen LogP contribution in [-0.4, -0.2) is 47.1 Å². The summed E-state index contributed by atoms with van der Waals surface area (Å²) in [6, 6.07) is 5.28. The van der Waals surface area contributed by atoms with E-state index in [4.69, 9.17) is 10.7 Å². The Labute approximate surface area is 173 Å². The average molecular weight is 430 g/mol. The highest BCUT2D eigenvalue weighted by atomic mass is 32.2. The van der Waals surface area contributed by atoms with Gasteiger partial charge in [0.05, 0.1) is 22.6 Å². The number of nitrogens with two attached hydrogens (primary N) is 1. The lowest BCUT2D eigenvalue weighted by atomic mass is 10.1. The summed E-state index contributed by atoms with van der Waals surface area (Å²) in [5, 5.41) is 5.80. The lowest BCUT2D eigenvalue weighted by molar-refractivity contribution is 0.0964. The molecule has 158 valence electrons. The first-order chi connectivity index (χ1) is 14.2. The maximum absolute atomic E-state index is 12.4. The molecule has 10 nitrogen and oxygen atoms in total. The highest BCUT2D eigenvalue weighted by Gasteiger charge is 2.32. The van der Waals surface area contributed by atoms with Crippen LogP contribution in [0.25, 0.3) is 11.0 Å². The minimum Gasteiger partial charge on any atom is -0.382 e. The topological polar surface area (TPSA) is 145 Å². The number of rotatable bonds is 6. The molecule has 4 N–H and O–H groups in total. The van der Waals surface area contributed by atoms with Crippen LogP contribution in [0.2, 0.25) is 0 Å². The molecule has 4 rings (SSSR count). The Morgan fingerprint density at radius 1 is 1.30 bits per heavy atom. The first kappa shape index (κ1) is 20.1. The molecular weight excluding hydrogens is 406 g/mol. The zero-order chi connectivity index (χ0) is 21.6. The van der Waals surface area contributed by atoms with Gasteiger partial charge in [0.2, 0.25) is 0 Å². The molecule has 30 heavy (non-hydrogen) atoms. The van der Waals surface area contributed by atoms with Crippen molar-refractivity contribution in [3.63, 3.8) is 0 Å². The Kier molecular flexibility index (Phi) is 4.85. The van der Waals surface area contributed by atoms with Gasteiger partial charge >= 0.3 is 0 Å². The fraction of sp³-hybridized carbons (Fsp3) is 0.368. The molecule has 1 amide bonds. The Morgan fingerprint density at radius 3 is 2.67 bits per heavy atom. The van der Waals surface area contributed by atoms with Gasteiger partial charge in [0.15, 0.2) is 20.6 Å². The third kappa shape index (κ3) is 3.45. The Hall–Kier alpha value is -3.21. The van der Waals surface area contributed by atoms with Crippen LogP contribution in [0.15, 0.2) is 29.4 Å². The van der Waals surface area contributed by atoms with Crippen molar-refractivity contribution in [3.05, 3.63) is 35.9 Å². The van der Waals surface area contributed by atoms with Crippen LogP contribution in [0.5, 0.6) is 0 Å². The van der Waals surface area contributed by atoms with Crippen molar-refractivity contribution in [2.24, 2.45) is 0 Å². The zero-order valence-electron chi connectivity index (χ0n) is 16.9. The molecule has 0 aliphatic heterocycles. The van der Waals surface area contributed by atoms with Gasteiger partial charge in [-0.05, 0) is 31.9 Å². The number of imidazole rings is 1. The van der Waals surface area contributed by atoms with Crippen molar-refractivity contribution in [1.29, 1.82) is 0 Å². The van der Waals surface area contributed by atoms with Crippen molar-refractivity contribution >= 4 is 38.4 Å². The second kappa shape index (κ2) is 7.24. The number of carbonyl (C=O) groups is 1. The van der Waals surface area contributed by atoms with Crippen molar-refractivity contribution in [2.75, 3.05) is 24.4 Å². The van der Waals surface area contributed by atoms with Crippen LogP contribution >= 0.6 is 0 Å². The van der Waals surface area contributed by atoms with E-state index in [0.29, 0.717) is 16.9 Å². The highest BCUT2D eigenvalue weighted by Crippen LogP contribution is 2.41. The normalized spacial score (nSPS) is 15.2. The molecule has 3 aromatic rings. The minimum absolute atomic E-state index is 0.111. The molecule has 2 heterocycles. The number of benzene rings is 1. The lowest BCUT2D eigenvalue weighted by Crippen LogP contribution is -2.20. The standard InChI is InChI=1S/C19H23N7O3S/c1-10(24-17-15(30(3,28)29)16(20)22-9-23-17)18-25-13-6-4-5-12(19(27)21-2)14(13)26(18)11-7-8-11/h4-6,9-11H,7-8H2,1-3H3,(H,21,27)(H3,20,22,23,24)/t10-/m0/s1. The Balaban J connectivity index is 1.83. The van der Waals surface area contributed by atoms with E-state index in [9.17, 15) is 13.2 Å². The number of para-hydroxylation sites is 1. The fourth-order valence-corrected chi connectivity index (χ4v) is 4.51. The van der Waals surface area contributed by atoms with Crippen molar-refractivity contribution < 1.29 is 13.2 Å². The van der Waals surface area contributed by atoms with E-state index in [1.165, 1.54) is 6.33 Å². The van der Waals surface area contributed by atoms with E-state index in [1.54, 1.807) is 19.2 Å². The summed E-state index contributed by atoms with van der Waals surface area (Å²) in [6.45, 7) is 1.87. The summed E-state index contributed by atoms with van der Waals surface area (Å²) >= 11 is 0. The van der Waals surface area contributed by atoms with Gasteiger partial charge in [-0.15, -0.1) is 0 Å². The van der Waals surface area contributed by atoms with Crippen LogP contribution in [-0.2, 0) is 9.84 Å². The lowest BCUT2D eigenvalue weighted by Gasteiger charge is -2.18. The van der Waals surface area contributed by atoms with E-state index in [-0.39, 0.29) is 28.5 Å². The SMILES string of the molecule is CNC(=O)c1cccc2nc([C@H](C)Nc3ncnc(N)c3S(C)(=O)=O)n(C3CC3)c12. The number of fused-ring (bicyclic) bond motifs is 1. The maximum Gasteiger partial charge on any atom is 0.253 e. The molecule has 0 spiro atoms. The van der Waals surface area contributed by atoms with Crippen molar-refractivity contribution in [2.45, 2.75) is 36.7 Å². The molecule has 1 aliphatic carbocycles. The van der Waals surface area contributed by atoms with Gasteiger partial charge in [-0.1, -0.05) is 6.07 Å². The molecule has 1 aromatic carbocycles. The molecule has 0 bridgehead atoms. The second-order valence-corrected chi connectivity index (χ2v) is 9.35. The summed E-state index contributed by atoms with van der Waals surface area (Å²) < 4.78 is 26.5. The van der Waals surface area contributed by atoms with Gasteiger partial charge < -0.3 is 20.9 Å². The molecule has 1 atom stereocenters. The number of nitrogens with one attached hydrogen (secondary N) is 2. The summed E-state index contributed by atoms with van der Waals surface area (Å²) in [5.41, 5.74) is 7.83. The monoisotopic (exact) mass is 429 g/mol. The Morgan fingerprint density at radius 2 is 2.03 bits per heavy atom. The van der Waals surface area contributed by atoms with Crippen LogP contribution in [0.4, 0.5) is 11.6 Å². The van der Waals surface area contributed by atoms with Crippen LogP contribution in [0.1, 0.15) is 48.0 Å². The fourth-order valence-electron chi connectivity index (χ4n) is 3.62. The number of nitrogen functional groups attached to an aromatic ring is 1. The average Bonchev–Trinajstić information content (AvgIpc) is 3.45. The first-order valence-corrected chi connectivity index (χ1v) is 11.4. The van der Waals surface area contributed by atoms with Gasteiger partial charge in [-0.25, -0.2) is 23.4 Å². The predicted octanol–water partition coefficient (Wildman–Crippen LogP) is 1.68. The van der Waals surface area contributed by atoms with Gasteiger partial charge in [0.25, 0.3) is 5.91 Å². The van der Waals surface area contributed by atoms with Gasteiger partial charge in [0, 0.05) is 19.3 Å². The number of carbonyl (C=O) groups excluding carboxylic acids is 1. The third-order valence-corrected chi connectivity index (χ3v) is 6.21. The first-order valence-electron chi connectivity index (χ1n) is 9.52. The maximum atomic E-state index is 12.4. The molecule has 11 heteroatoms.